The number of nitrogens with one attached hydrogen (secondary N) is 2. The molecule has 2 amide bonds. The Morgan fingerprint density at radius 2 is 1.70 bits per heavy atom. The maximum absolute atomic E-state index is 11.8. The predicted octanol–water partition coefficient (Wildman–Crippen LogP) is 3.76. The number of benzene rings is 2. The maximum atomic E-state index is 11.8. The van der Waals surface area contributed by atoms with Gasteiger partial charge in [0.15, 0.2) is 5.75 Å². The van der Waals surface area contributed by atoms with E-state index in [9.17, 15) is 4.79 Å². The van der Waals surface area contributed by atoms with Crippen molar-refractivity contribution in [2.75, 3.05) is 5.32 Å². The fourth-order valence-corrected chi connectivity index (χ4v) is 1.85. The van der Waals surface area contributed by atoms with Crippen molar-refractivity contribution in [1.82, 2.24) is 5.32 Å². The van der Waals surface area contributed by atoms with Crippen LogP contribution in [0.1, 0.15) is 12.8 Å². The third kappa shape index (κ3) is 3.29. The number of urea groups is 1. The molecule has 3 rings (SSSR count). The zero-order valence-electron chi connectivity index (χ0n) is 11.0. The molecule has 1 fully saturated rings. The Balaban J connectivity index is 1.72. The van der Waals surface area contributed by atoms with Gasteiger partial charge >= 0.3 is 6.03 Å². The van der Waals surface area contributed by atoms with Crippen LogP contribution in [0, 0.1) is 0 Å². The molecule has 0 unspecified atom stereocenters. The van der Waals surface area contributed by atoms with Crippen molar-refractivity contribution in [3.8, 4) is 11.5 Å². The number of anilines is 1. The third-order valence-electron chi connectivity index (χ3n) is 3.02. The summed E-state index contributed by atoms with van der Waals surface area (Å²) in [7, 11) is 0. The summed E-state index contributed by atoms with van der Waals surface area (Å²) in [5.74, 6) is 1.37. The van der Waals surface area contributed by atoms with Crippen molar-refractivity contribution in [1.29, 1.82) is 0 Å². The number of hydrogen-bond acceptors (Lipinski definition) is 2. The van der Waals surface area contributed by atoms with E-state index < -0.39 is 0 Å². The van der Waals surface area contributed by atoms with Crippen molar-refractivity contribution in [3.05, 3.63) is 54.6 Å². The van der Waals surface area contributed by atoms with Crippen LogP contribution in [0.25, 0.3) is 0 Å². The fraction of sp³-hybridized carbons (Fsp3) is 0.188. The molecule has 2 aromatic rings. The van der Waals surface area contributed by atoms with Crippen LogP contribution in [0.2, 0.25) is 0 Å². The van der Waals surface area contributed by atoms with Crippen molar-refractivity contribution >= 4 is 11.7 Å². The first-order valence-electron chi connectivity index (χ1n) is 6.71. The van der Waals surface area contributed by atoms with Gasteiger partial charge in [-0.1, -0.05) is 30.3 Å². The summed E-state index contributed by atoms with van der Waals surface area (Å²) in [6.45, 7) is 0. The molecule has 0 atom stereocenters. The Morgan fingerprint density at radius 3 is 2.45 bits per heavy atom. The highest BCUT2D eigenvalue weighted by molar-refractivity contribution is 5.91. The van der Waals surface area contributed by atoms with Gasteiger partial charge in [0.05, 0.1) is 5.69 Å². The van der Waals surface area contributed by atoms with Crippen LogP contribution in [0.15, 0.2) is 54.6 Å². The van der Waals surface area contributed by atoms with Crippen LogP contribution in [0.4, 0.5) is 10.5 Å². The van der Waals surface area contributed by atoms with Crippen molar-refractivity contribution in [3.63, 3.8) is 0 Å². The van der Waals surface area contributed by atoms with Crippen LogP contribution >= 0.6 is 0 Å². The monoisotopic (exact) mass is 268 g/mol. The van der Waals surface area contributed by atoms with Gasteiger partial charge in [-0.2, -0.15) is 0 Å². The molecule has 0 aromatic heterocycles. The van der Waals surface area contributed by atoms with Crippen LogP contribution in [-0.2, 0) is 0 Å². The molecular weight excluding hydrogens is 252 g/mol. The van der Waals surface area contributed by atoms with E-state index in [0.717, 1.165) is 18.6 Å². The number of carbonyl (C=O) groups is 1. The summed E-state index contributed by atoms with van der Waals surface area (Å²) in [5, 5.41) is 5.71. The standard InChI is InChI=1S/C16H16N2O2/c19-16(17-12-10-11-12)18-14-8-4-5-9-15(14)20-13-6-2-1-3-7-13/h1-9,12H,10-11H2,(H2,17,18,19). The summed E-state index contributed by atoms with van der Waals surface area (Å²) < 4.78 is 5.79. The number of rotatable bonds is 4. The van der Waals surface area contributed by atoms with E-state index >= 15 is 0 Å². The predicted molar refractivity (Wildman–Crippen MR) is 78.1 cm³/mol. The number of amides is 2. The lowest BCUT2D eigenvalue weighted by Crippen LogP contribution is -2.30. The minimum Gasteiger partial charge on any atom is -0.455 e. The summed E-state index contributed by atoms with van der Waals surface area (Å²) >= 11 is 0. The average molecular weight is 268 g/mol. The van der Waals surface area contributed by atoms with Crippen LogP contribution < -0.4 is 15.4 Å². The van der Waals surface area contributed by atoms with Gasteiger partial charge in [-0.3, -0.25) is 0 Å². The number of para-hydroxylation sites is 3. The van der Waals surface area contributed by atoms with E-state index in [4.69, 9.17) is 4.74 Å². The van der Waals surface area contributed by atoms with Gasteiger partial charge in [-0.25, -0.2) is 4.79 Å². The zero-order chi connectivity index (χ0) is 13.8. The minimum atomic E-state index is -0.184. The summed E-state index contributed by atoms with van der Waals surface area (Å²) in [6, 6.07) is 17.0. The second-order valence-corrected chi connectivity index (χ2v) is 4.78. The van der Waals surface area contributed by atoms with Crippen molar-refractivity contribution in [2.45, 2.75) is 18.9 Å². The van der Waals surface area contributed by atoms with Crippen LogP contribution in [-0.4, -0.2) is 12.1 Å². The van der Waals surface area contributed by atoms with Crippen LogP contribution in [0.5, 0.6) is 11.5 Å². The molecule has 4 nitrogen and oxygen atoms in total. The van der Waals surface area contributed by atoms with Gasteiger partial charge in [0.1, 0.15) is 5.75 Å². The van der Waals surface area contributed by atoms with Gasteiger partial charge in [0, 0.05) is 6.04 Å². The highest BCUT2D eigenvalue weighted by Gasteiger charge is 2.23. The Hall–Kier alpha value is -2.49. The Morgan fingerprint density at radius 1 is 1.00 bits per heavy atom. The second-order valence-electron chi connectivity index (χ2n) is 4.78. The quantitative estimate of drug-likeness (QED) is 0.887. The number of hydrogen-bond donors (Lipinski definition) is 2. The largest absolute Gasteiger partial charge is 0.455 e. The van der Waals surface area contributed by atoms with E-state index in [2.05, 4.69) is 10.6 Å². The van der Waals surface area contributed by atoms with Crippen LogP contribution in [0.3, 0.4) is 0 Å². The summed E-state index contributed by atoms with van der Waals surface area (Å²) in [4.78, 5) is 11.8. The summed E-state index contributed by atoms with van der Waals surface area (Å²) in [5.41, 5.74) is 0.662. The Kier molecular flexibility index (Phi) is 3.54. The maximum Gasteiger partial charge on any atom is 0.319 e. The first kappa shape index (κ1) is 12.5. The lowest BCUT2D eigenvalue weighted by molar-refractivity contribution is 0.251. The second kappa shape index (κ2) is 5.65. The number of carbonyl (C=O) groups excluding carboxylic acids is 1. The van der Waals surface area contributed by atoms with E-state index in [1.165, 1.54) is 0 Å². The molecule has 0 radical (unpaired) electrons. The molecule has 4 heteroatoms. The van der Waals surface area contributed by atoms with Gasteiger partial charge in [-0.05, 0) is 37.1 Å². The molecule has 0 bridgehead atoms. The van der Waals surface area contributed by atoms with E-state index in [1.807, 2.05) is 54.6 Å². The first-order chi connectivity index (χ1) is 9.81. The van der Waals surface area contributed by atoms with Gasteiger partial charge < -0.3 is 15.4 Å². The molecule has 2 aromatic carbocycles. The first-order valence-corrected chi connectivity index (χ1v) is 6.71. The molecule has 0 spiro atoms. The highest BCUT2D eigenvalue weighted by Crippen LogP contribution is 2.29. The fourth-order valence-electron chi connectivity index (χ4n) is 1.85. The SMILES string of the molecule is O=C(Nc1ccccc1Oc1ccccc1)NC1CC1. The average Bonchev–Trinajstić information content (AvgIpc) is 3.26. The summed E-state index contributed by atoms with van der Waals surface area (Å²) in [6.07, 6.45) is 2.13. The molecule has 0 aliphatic heterocycles. The Labute approximate surface area is 117 Å². The Bertz CT molecular complexity index is 594. The lowest BCUT2D eigenvalue weighted by Gasteiger charge is -2.12. The molecule has 102 valence electrons. The van der Waals surface area contributed by atoms with E-state index in [1.54, 1.807) is 0 Å². The molecular formula is C16H16N2O2. The molecule has 2 N–H and O–H groups in total. The van der Waals surface area contributed by atoms with Gasteiger partial charge in [0.25, 0.3) is 0 Å². The van der Waals surface area contributed by atoms with Crippen molar-refractivity contribution < 1.29 is 9.53 Å². The van der Waals surface area contributed by atoms with E-state index in [0.29, 0.717) is 17.5 Å². The highest BCUT2D eigenvalue weighted by atomic mass is 16.5. The lowest BCUT2D eigenvalue weighted by atomic mass is 10.3. The molecule has 1 aliphatic carbocycles. The van der Waals surface area contributed by atoms with Crippen molar-refractivity contribution in [2.24, 2.45) is 0 Å². The van der Waals surface area contributed by atoms with Gasteiger partial charge in [-0.15, -0.1) is 0 Å². The topological polar surface area (TPSA) is 50.4 Å². The molecule has 1 aliphatic rings. The minimum absolute atomic E-state index is 0.184. The molecule has 0 heterocycles. The molecule has 1 saturated carbocycles. The third-order valence-corrected chi connectivity index (χ3v) is 3.02. The van der Waals surface area contributed by atoms with E-state index in [-0.39, 0.29) is 6.03 Å². The molecule has 0 saturated heterocycles. The smallest absolute Gasteiger partial charge is 0.319 e. The van der Waals surface area contributed by atoms with Gasteiger partial charge in [0.2, 0.25) is 0 Å². The zero-order valence-corrected chi connectivity index (χ0v) is 11.0. The number of ether oxygens (including phenoxy) is 1. The normalized spacial score (nSPS) is 13.6. The molecule has 20 heavy (non-hydrogen) atoms.